The van der Waals surface area contributed by atoms with Crippen molar-refractivity contribution in [3.63, 3.8) is 0 Å². The minimum Gasteiger partial charge on any atom is -0.481 e. The summed E-state index contributed by atoms with van der Waals surface area (Å²) in [4.78, 5) is 34.1. The number of carboxylic acid groups (broad SMARTS) is 1. The zero-order chi connectivity index (χ0) is 12.1. The summed E-state index contributed by atoms with van der Waals surface area (Å²) in [5, 5.41) is 13.9. The number of urea groups is 1. The maximum absolute atomic E-state index is 11.8. The fourth-order valence-electron chi connectivity index (χ4n) is 2.89. The Labute approximate surface area is 92.4 Å². The van der Waals surface area contributed by atoms with Gasteiger partial charge in [-0.15, -0.1) is 0 Å². The van der Waals surface area contributed by atoms with Crippen molar-refractivity contribution in [3.8, 4) is 0 Å². The molecule has 1 saturated carbocycles. The predicted molar refractivity (Wildman–Crippen MR) is 53.5 cm³/mol. The normalized spacial score (nSPS) is 36.2. The Morgan fingerprint density at radius 2 is 2.06 bits per heavy atom. The highest BCUT2D eigenvalue weighted by Gasteiger charge is 2.64. The fraction of sp³-hybridized carbons (Fsp3) is 0.700. The van der Waals surface area contributed by atoms with Crippen LogP contribution in [0.25, 0.3) is 0 Å². The monoisotopic (exact) mass is 226 g/mol. The first-order chi connectivity index (χ1) is 7.31. The predicted octanol–water partition coefficient (Wildman–Crippen LogP) is 0.0854. The second-order valence-corrected chi connectivity index (χ2v) is 4.96. The second-order valence-electron chi connectivity index (χ2n) is 4.96. The third-order valence-electron chi connectivity index (χ3n) is 4.02. The average Bonchev–Trinajstić information content (AvgIpc) is 2.54. The van der Waals surface area contributed by atoms with Gasteiger partial charge in [0.2, 0.25) is 0 Å². The zero-order valence-electron chi connectivity index (χ0n) is 9.16. The highest BCUT2D eigenvalue weighted by molar-refractivity contribution is 6.08. The summed E-state index contributed by atoms with van der Waals surface area (Å²) in [6, 6.07) is -0.538. The quantitative estimate of drug-likeness (QED) is 0.552. The van der Waals surface area contributed by atoms with Gasteiger partial charge in [0, 0.05) is 5.41 Å². The molecule has 1 heterocycles. The number of imide groups is 1. The smallest absolute Gasteiger partial charge is 0.322 e. The van der Waals surface area contributed by atoms with E-state index in [0.717, 1.165) is 0 Å². The van der Waals surface area contributed by atoms with E-state index >= 15 is 0 Å². The Balaban J connectivity index is 2.42. The average molecular weight is 226 g/mol. The standard InChI is InChI=1S/C10H14N2O4/c1-9(2)5(6(13)14)3-4-10(9)7(15)11-8(16)12-10/h5H,3-4H2,1-2H3,(H,13,14)(H2,11,12,15,16)/t5-,10-/m0/s1. The van der Waals surface area contributed by atoms with E-state index in [1.54, 1.807) is 13.8 Å². The first-order valence-corrected chi connectivity index (χ1v) is 5.18. The van der Waals surface area contributed by atoms with Crippen LogP contribution in [0.4, 0.5) is 4.79 Å². The van der Waals surface area contributed by atoms with E-state index in [1.165, 1.54) is 0 Å². The van der Waals surface area contributed by atoms with Gasteiger partial charge >= 0.3 is 12.0 Å². The number of carboxylic acids is 1. The zero-order valence-corrected chi connectivity index (χ0v) is 9.16. The van der Waals surface area contributed by atoms with Crippen LogP contribution in [0, 0.1) is 11.3 Å². The van der Waals surface area contributed by atoms with Crippen LogP contribution >= 0.6 is 0 Å². The Hall–Kier alpha value is -1.59. The molecule has 0 aromatic rings. The number of hydrogen-bond acceptors (Lipinski definition) is 3. The molecule has 88 valence electrons. The Kier molecular flexibility index (Phi) is 2.02. The lowest BCUT2D eigenvalue weighted by Crippen LogP contribution is -2.56. The van der Waals surface area contributed by atoms with E-state index in [2.05, 4.69) is 10.6 Å². The molecular formula is C10H14N2O4. The Morgan fingerprint density at radius 1 is 1.44 bits per heavy atom. The topological polar surface area (TPSA) is 95.5 Å². The highest BCUT2D eigenvalue weighted by atomic mass is 16.4. The van der Waals surface area contributed by atoms with Gasteiger partial charge in [-0.25, -0.2) is 4.79 Å². The van der Waals surface area contributed by atoms with E-state index in [9.17, 15) is 14.4 Å². The SMILES string of the molecule is CC1(C)[C@H](C(=O)O)CC[C@@]12NC(=O)NC2=O. The molecule has 1 saturated heterocycles. The molecule has 3 N–H and O–H groups in total. The van der Waals surface area contributed by atoms with Crippen LogP contribution < -0.4 is 10.6 Å². The molecule has 2 aliphatic rings. The summed E-state index contributed by atoms with van der Waals surface area (Å²) in [5.74, 6) is -1.95. The molecule has 0 bridgehead atoms. The van der Waals surface area contributed by atoms with E-state index in [1.807, 2.05) is 0 Å². The molecule has 0 radical (unpaired) electrons. The van der Waals surface area contributed by atoms with Gasteiger partial charge in [-0.2, -0.15) is 0 Å². The molecule has 1 spiro atoms. The molecule has 0 aromatic heterocycles. The van der Waals surface area contributed by atoms with Crippen molar-refractivity contribution in [3.05, 3.63) is 0 Å². The van der Waals surface area contributed by atoms with Crippen molar-refractivity contribution < 1.29 is 19.5 Å². The molecule has 2 atom stereocenters. The van der Waals surface area contributed by atoms with Crippen LogP contribution in [-0.2, 0) is 9.59 Å². The van der Waals surface area contributed by atoms with Crippen LogP contribution in [0.5, 0.6) is 0 Å². The van der Waals surface area contributed by atoms with E-state index < -0.39 is 34.8 Å². The minimum atomic E-state index is -1.06. The molecule has 3 amide bonds. The molecule has 1 aliphatic heterocycles. The highest BCUT2D eigenvalue weighted by Crippen LogP contribution is 2.51. The van der Waals surface area contributed by atoms with Gasteiger partial charge in [0.05, 0.1) is 5.92 Å². The molecule has 1 aliphatic carbocycles. The van der Waals surface area contributed by atoms with Gasteiger partial charge in [-0.05, 0) is 12.8 Å². The molecule has 2 fully saturated rings. The van der Waals surface area contributed by atoms with Crippen molar-refractivity contribution in [2.45, 2.75) is 32.2 Å². The molecular weight excluding hydrogens is 212 g/mol. The fourth-order valence-corrected chi connectivity index (χ4v) is 2.89. The lowest BCUT2D eigenvalue weighted by Gasteiger charge is -2.37. The van der Waals surface area contributed by atoms with Crippen molar-refractivity contribution in [1.82, 2.24) is 10.6 Å². The molecule has 16 heavy (non-hydrogen) atoms. The van der Waals surface area contributed by atoms with Gasteiger partial charge in [0.15, 0.2) is 0 Å². The lowest BCUT2D eigenvalue weighted by atomic mass is 9.70. The molecule has 2 rings (SSSR count). The number of nitrogens with one attached hydrogen (secondary N) is 2. The first-order valence-electron chi connectivity index (χ1n) is 5.18. The number of carbonyl (C=O) groups is 3. The van der Waals surface area contributed by atoms with Gasteiger partial charge in [-0.1, -0.05) is 13.8 Å². The van der Waals surface area contributed by atoms with Crippen molar-refractivity contribution in [2.75, 3.05) is 0 Å². The summed E-state index contributed by atoms with van der Waals surface area (Å²) in [6.07, 6.45) is 0.768. The second kappa shape index (κ2) is 2.96. The van der Waals surface area contributed by atoms with Gasteiger partial charge in [0.25, 0.3) is 5.91 Å². The summed E-state index contributed by atoms with van der Waals surface area (Å²) in [7, 11) is 0. The van der Waals surface area contributed by atoms with Gasteiger partial charge < -0.3 is 10.4 Å². The molecule has 0 aromatic carbocycles. The van der Waals surface area contributed by atoms with Crippen LogP contribution in [0.3, 0.4) is 0 Å². The van der Waals surface area contributed by atoms with Crippen molar-refractivity contribution in [1.29, 1.82) is 0 Å². The summed E-state index contributed by atoms with van der Waals surface area (Å²) >= 11 is 0. The van der Waals surface area contributed by atoms with Crippen LogP contribution in [0.1, 0.15) is 26.7 Å². The van der Waals surface area contributed by atoms with E-state index in [-0.39, 0.29) is 0 Å². The first kappa shape index (κ1) is 10.9. The number of hydrogen-bond donors (Lipinski definition) is 3. The molecule has 0 unspecified atom stereocenters. The largest absolute Gasteiger partial charge is 0.481 e. The maximum atomic E-state index is 11.8. The van der Waals surface area contributed by atoms with E-state index in [4.69, 9.17) is 5.11 Å². The number of aliphatic carboxylic acids is 1. The van der Waals surface area contributed by atoms with Crippen LogP contribution in [-0.4, -0.2) is 28.6 Å². The molecule has 6 heteroatoms. The van der Waals surface area contributed by atoms with Crippen LogP contribution in [0.2, 0.25) is 0 Å². The van der Waals surface area contributed by atoms with Gasteiger partial charge in [-0.3, -0.25) is 14.9 Å². The Bertz CT molecular complexity index is 390. The lowest BCUT2D eigenvalue weighted by molar-refractivity contribution is -0.146. The number of amides is 3. The third-order valence-corrected chi connectivity index (χ3v) is 4.02. The van der Waals surface area contributed by atoms with Crippen molar-refractivity contribution >= 4 is 17.9 Å². The third kappa shape index (κ3) is 1.10. The number of rotatable bonds is 1. The summed E-state index contributed by atoms with van der Waals surface area (Å²) < 4.78 is 0. The van der Waals surface area contributed by atoms with Crippen LogP contribution in [0.15, 0.2) is 0 Å². The maximum Gasteiger partial charge on any atom is 0.322 e. The van der Waals surface area contributed by atoms with Gasteiger partial charge in [0.1, 0.15) is 5.54 Å². The number of carbonyl (C=O) groups excluding carboxylic acids is 2. The van der Waals surface area contributed by atoms with Crippen molar-refractivity contribution in [2.24, 2.45) is 11.3 Å². The summed E-state index contributed by atoms with van der Waals surface area (Å²) in [5.41, 5.74) is -1.85. The Morgan fingerprint density at radius 3 is 2.44 bits per heavy atom. The van der Waals surface area contributed by atoms with E-state index in [0.29, 0.717) is 12.8 Å². The molecule has 6 nitrogen and oxygen atoms in total. The summed E-state index contributed by atoms with van der Waals surface area (Å²) in [6.45, 7) is 3.42. The minimum absolute atomic E-state index is 0.370.